The van der Waals surface area contributed by atoms with Gasteiger partial charge in [0.05, 0.1) is 12.7 Å². The van der Waals surface area contributed by atoms with Gasteiger partial charge < -0.3 is 22.8 Å². The molecular formula is C14H30O5Si. The Bertz CT molecular complexity index is 217. The lowest BCUT2D eigenvalue weighted by molar-refractivity contribution is 0.0151. The van der Waals surface area contributed by atoms with E-state index in [-0.39, 0.29) is 0 Å². The second-order valence-corrected chi connectivity index (χ2v) is 7.53. The fraction of sp³-hybridized carbons (Fsp3) is 1.00. The Labute approximate surface area is 124 Å². The van der Waals surface area contributed by atoms with Crippen molar-refractivity contribution >= 4 is 8.80 Å². The molecule has 120 valence electrons. The first-order valence-electron chi connectivity index (χ1n) is 7.87. The standard InChI is InChI=1S/C14H30O5Si/c1-4-17-20(18-5-2,19-6-3)12-8-10-15-13-14-9-7-11-16-14/h14H,4-13H2,1-3H3. The molecule has 1 unspecified atom stereocenters. The van der Waals surface area contributed by atoms with Crippen LogP contribution >= 0.6 is 0 Å². The third-order valence-corrected chi connectivity index (χ3v) is 6.34. The molecular weight excluding hydrogens is 276 g/mol. The minimum absolute atomic E-state index is 0.294. The van der Waals surface area contributed by atoms with Crippen LogP contribution in [0.3, 0.4) is 0 Å². The second kappa shape index (κ2) is 10.7. The summed E-state index contributed by atoms with van der Waals surface area (Å²) in [6.45, 7) is 10.1. The first-order chi connectivity index (χ1) is 9.76. The maximum absolute atomic E-state index is 5.80. The summed E-state index contributed by atoms with van der Waals surface area (Å²) in [5.41, 5.74) is 0. The Morgan fingerprint density at radius 3 is 2.20 bits per heavy atom. The van der Waals surface area contributed by atoms with Crippen molar-refractivity contribution in [2.24, 2.45) is 0 Å². The fourth-order valence-corrected chi connectivity index (χ4v) is 4.96. The molecule has 0 aromatic carbocycles. The molecule has 0 aromatic rings. The van der Waals surface area contributed by atoms with E-state index in [1.165, 1.54) is 0 Å². The van der Waals surface area contributed by atoms with Crippen molar-refractivity contribution in [1.29, 1.82) is 0 Å². The smallest absolute Gasteiger partial charge is 0.379 e. The Kier molecular flexibility index (Phi) is 9.67. The molecule has 1 aliphatic rings. The van der Waals surface area contributed by atoms with Crippen LogP contribution in [0.25, 0.3) is 0 Å². The number of rotatable bonds is 12. The van der Waals surface area contributed by atoms with Gasteiger partial charge in [-0.2, -0.15) is 0 Å². The number of hydrogen-bond donors (Lipinski definition) is 0. The molecule has 1 atom stereocenters. The van der Waals surface area contributed by atoms with E-state index in [1.54, 1.807) is 0 Å². The highest BCUT2D eigenvalue weighted by molar-refractivity contribution is 6.60. The van der Waals surface area contributed by atoms with Crippen LogP contribution in [0.2, 0.25) is 6.04 Å². The Balaban J connectivity index is 2.21. The molecule has 0 radical (unpaired) electrons. The molecule has 0 bridgehead atoms. The van der Waals surface area contributed by atoms with Gasteiger partial charge in [0.1, 0.15) is 0 Å². The number of ether oxygens (including phenoxy) is 2. The average molecular weight is 306 g/mol. The Hall–Kier alpha value is 0.0169. The summed E-state index contributed by atoms with van der Waals surface area (Å²) in [7, 11) is -2.49. The zero-order valence-electron chi connectivity index (χ0n) is 13.2. The van der Waals surface area contributed by atoms with Crippen molar-refractivity contribution < 1.29 is 22.8 Å². The van der Waals surface area contributed by atoms with E-state index in [0.29, 0.717) is 39.1 Å². The van der Waals surface area contributed by atoms with E-state index in [0.717, 1.165) is 31.9 Å². The van der Waals surface area contributed by atoms with Gasteiger partial charge in [-0.15, -0.1) is 0 Å². The largest absolute Gasteiger partial charge is 0.501 e. The van der Waals surface area contributed by atoms with Gasteiger partial charge in [-0.05, 0) is 40.0 Å². The molecule has 0 N–H and O–H groups in total. The first kappa shape index (κ1) is 18.1. The van der Waals surface area contributed by atoms with Gasteiger partial charge in [-0.3, -0.25) is 0 Å². The topological polar surface area (TPSA) is 46.2 Å². The number of hydrogen-bond acceptors (Lipinski definition) is 5. The maximum atomic E-state index is 5.80. The predicted molar refractivity (Wildman–Crippen MR) is 79.8 cm³/mol. The second-order valence-electron chi connectivity index (χ2n) is 4.80. The summed E-state index contributed by atoms with van der Waals surface area (Å²) in [4.78, 5) is 0. The van der Waals surface area contributed by atoms with Crippen molar-refractivity contribution in [2.45, 2.75) is 52.2 Å². The molecule has 0 spiro atoms. The van der Waals surface area contributed by atoms with Crippen molar-refractivity contribution in [3.8, 4) is 0 Å². The molecule has 1 heterocycles. The van der Waals surface area contributed by atoms with E-state index in [9.17, 15) is 0 Å². The molecule has 6 heteroatoms. The molecule has 1 saturated heterocycles. The van der Waals surface area contributed by atoms with Gasteiger partial charge in [-0.25, -0.2) is 0 Å². The van der Waals surface area contributed by atoms with Crippen LogP contribution in [0.1, 0.15) is 40.0 Å². The monoisotopic (exact) mass is 306 g/mol. The van der Waals surface area contributed by atoms with Crippen LogP contribution in [-0.2, 0) is 22.8 Å². The van der Waals surface area contributed by atoms with Crippen LogP contribution in [-0.4, -0.2) is 54.5 Å². The molecule has 1 fully saturated rings. The minimum atomic E-state index is -2.49. The summed E-state index contributed by atoms with van der Waals surface area (Å²) >= 11 is 0. The van der Waals surface area contributed by atoms with Gasteiger partial charge in [0.15, 0.2) is 0 Å². The highest BCUT2D eigenvalue weighted by Crippen LogP contribution is 2.18. The molecule has 0 aliphatic carbocycles. The summed E-state index contributed by atoms with van der Waals surface area (Å²) in [6, 6.07) is 0.814. The quantitative estimate of drug-likeness (QED) is 0.410. The van der Waals surface area contributed by atoms with Crippen LogP contribution in [0.5, 0.6) is 0 Å². The normalized spacial score (nSPS) is 19.6. The van der Waals surface area contributed by atoms with Gasteiger partial charge in [-0.1, -0.05) is 0 Å². The Morgan fingerprint density at radius 2 is 1.70 bits per heavy atom. The van der Waals surface area contributed by atoms with Crippen LogP contribution < -0.4 is 0 Å². The highest BCUT2D eigenvalue weighted by atomic mass is 28.4. The van der Waals surface area contributed by atoms with Crippen LogP contribution in [0.15, 0.2) is 0 Å². The third-order valence-electron chi connectivity index (χ3n) is 3.19. The Morgan fingerprint density at radius 1 is 1.05 bits per heavy atom. The van der Waals surface area contributed by atoms with Crippen molar-refractivity contribution in [2.75, 3.05) is 39.6 Å². The van der Waals surface area contributed by atoms with E-state index >= 15 is 0 Å². The predicted octanol–water partition coefficient (Wildman–Crippen LogP) is 2.62. The SMILES string of the molecule is CCO[Si](CCCOCC1CCCO1)(OCC)OCC. The van der Waals surface area contributed by atoms with Crippen molar-refractivity contribution in [1.82, 2.24) is 0 Å². The van der Waals surface area contributed by atoms with Gasteiger partial charge in [0.25, 0.3) is 0 Å². The lowest BCUT2D eigenvalue weighted by Gasteiger charge is -2.28. The van der Waals surface area contributed by atoms with Crippen molar-refractivity contribution in [3.63, 3.8) is 0 Å². The molecule has 1 rings (SSSR count). The zero-order valence-corrected chi connectivity index (χ0v) is 14.2. The van der Waals surface area contributed by atoms with Crippen LogP contribution in [0, 0.1) is 0 Å². The average Bonchev–Trinajstić information content (AvgIpc) is 2.92. The minimum Gasteiger partial charge on any atom is -0.379 e. The molecule has 1 aliphatic heterocycles. The van der Waals surface area contributed by atoms with Crippen molar-refractivity contribution in [3.05, 3.63) is 0 Å². The fourth-order valence-electron chi connectivity index (χ4n) is 2.38. The highest BCUT2D eigenvalue weighted by Gasteiger charge is 2.39. The van der Waals surface area contributed by atoms with Gasteiger partial charge in [0.2, 0.25) is 0 Å². The molecule has 5 nitrogen and oxygen atoms in total. The third kappa shape index (κ3) is 6.65. The molecule has 0 aromatic heterocycles. The first-order valence-corrected chi connectivity index (χ1v) is 9.80. The molecule has 20 heavy (non-hydrogen) atoms. The summed E-state index contributed by atoms with van der Waals surface area (Å²) in [5, 5.41) is 0. The lowest BCUT2D eigenvalue weighted by Crippen LogP contribution is -2.46. The van der Waals surface area contributed by atoms with E-state index < -0.39 is 8.80 Å². The van der Waals surface area contributed by atoms with Crippen LogP contribution in [0.4, 0.5) is 0 Å². The molecule has 0 amide bonds. The summed E-state index contributed by atoms with van der Waals surface area (Å²) in [6.07, 6.45) is 3.47. The summed E-state index contributed by atoms with van der Waals surface area (Å²) < 4.78 is 28.6. The molecule has 0 saturated carbocycles. The van der Waals surface area contributed by atoms with Gasteiger partial charge in [0, 0.05) is 39.1 Å². The van der Waals surface area contributed by atoms with E-state index in [4.69, 9.17) is 22.8 Å². The maximum Gasteiger partial charge on any atom is 0.501 e. The van der Waals surface area contributed by atoms with E-state index in [2.05, 4.69) is 0 Å². The lowest BCUT2D eigenvalue weighted by atomic mass is 10.2. The van der Waals surface area contributed by atoms with E-state index in [1.807, 2.05) is 20.8 Å². The summed E-state index contributed by atoms with van der Waals surface area (Å²) in [5.74, 6) is 0. The van der Waals surface area contributed by atoms with Gasteiger partial charge >= 0.3 is 8.80 Å². The zero-order chi connectivity index (χ0) is 14.7.